The van der Waals surface area contributed by atoms with Crippen LogP contribution < -0.4 is 15.4 Å². The van der Waals surface area contributed by atoms with Gasteiger partial charge in [0, 0.05) is 13.1 Å². The van der Waals surface area contributed by atoms with Crippen molar-refractivity contribution in [2.24, 2.45) is 4.99 Å². The Balaban J connectivity index is 0.00000288. The number of hydrogen-bond acceptors (Lipinski definition) is 4. The topological polar surface area (TPSA) is 79.0 Å². The average Bonchev–Trinajstić information content (AvgIpc) is 3.07. The lowest BCUT2D eigenvalue weighted by molar-refractivity contribution is 0.373. The quantitative estimate of drug-likeness (QED) is 0.347. The average molecular weight is 445 g/mol. The Hall–Kier alpha value is -1.90. The van der Waals surface area contributed by atoms with E-state index in [1.807, 2.05) is 31.2 Å². The molecule has 3 N–H and O–H groups in total. The van der Waals surface area contributed by atoms with Crippen LogP contribution in [0.3, 0.4) is 0 Å². The summed E-state index contributed by atoms with van der Waals surface area (Å²) < 4.78 is 10.4. The van der Waals surface area contributed by atoms with Gasteiger partial charge in [-0.25, -0.2) is 4.99 Å². The fourth-order valence-electron chi connectivity index (χ4n) is 2.10. The van der Waals surface area contributed by atoms with Crippen molar-refractivity contribution >= 4 is 29.9 Å². The maximum atomic E-state index is 9.60. The van der Waals surface area contributed by atoms with Crippen LogP contribution in [-0.4, -0.2) is 31.3 Å². The number of aliphatic imine (C=N–C) groups is 1. The first-order chi connectivity index (χ1) is 11.2. The first-order valence-corrected chi connectivity index (χ1v) is 7.63. The van der Waals surface area contributed by atoms with Gasteiger partial charge in [-0.05, 0) is 43.2 Å². The third-order valence-corrected chi connectivity index (χ3v) is 3.27. The smallest absolute Gasteiger partial charge is 0.191 e. The number of nitrogens with one attached hydrogen (secondary N) is 2. The number of rotatable bonds is 7. The Morgan fingerprint density at radius 2 is 2.12 bits per heavy atom. The summed E-state index contributed by atoms with van der Waals surface area (Å²) in [7, 11) is 1.54. The summed E-state index contributed by atoms with van der Waals surface area (Å²) >= 11 is 0. The minimum absolute atomic E-state index is 0. The van der Waals surface area contributed by atoms with Gasteiger partial charge in [0.05, 0.1) is 13.4 Å². The Kier molecular flexibility index (Phi) is 9.06. The van der Waals surface area contributed by atoms with Crippen LogP contribution >= 0.6 is 24.0 Å². The molecular formula is C17H24IN3O3. The molecule has 24 heavy (non-hydrogen) atoms. The van der Waals surface area contributed by atoms with Crippen LogP contribution in [0, 0.1) is 0 Å². The second-order valence-electron chi connectivity index (χ2n) is 4.96. The van der Waals surface area contributed by atoms with Crippen molar-refractivity contribution < 1.29 is 14.3 Å². The van der Waals surface area contributed by atoms with Crippen LogP contribution in [0.15, 0.2) is 46.0 Å². The molecule has 1 heterocycles. The van der Waals surface area contributed by atoms with Gasteiger partial charge >= 0.3 is 0 Å². The summed E-state index contributed by atoms with van der Waals surface area (Å²) in [6, 6.07) is 9.11. The second kappa shape index (κ2) is 10.8. The highest BCUT2D eigenvalue weighted by Gasteiger charge is 2.03. The monoisotopic (exact) mass is 445 g/mol. The van der Waals surface area contributed by atoms with Gasteiger partial charge < -0.3 is 24.9 Å². The van der Waals surface area contributed by atoms with Gasteiger partial charge in [-0.2, -0.15) is 0 Å². The molecule has 2 aromatic rings. The standard InChI is InChI=1S/C17H23N3O3.HI/c1-3-18-17(20-12-14-5-4-10-23-14)19-9-8-13-6-7-15(21)16(11-13)22-2;/h4-7,10-11,21H,3,8-9,12H2,1-2H3,(H2,18,19,20);1H. The number of nitrogens with zero attached hydrogens (tertiary/aromatic N) is 1. The first kappa shape index (κ1) is 20.1. The number of aromatic hydroxyl groups is 1. The first-order valence-electron chi connectivity index (χ1n) is 7.63. The number of halogens is 1. The van der Waals surface area contributed by atoms with Crippen LogP contribution in [-0.2, 0) is 13.0 Å². The number of hydrogen-bond donors (Lipinski definition) is 3. The normalized spacial score (nSPS) is 10.8. The number of methoxy groups -OCH3 is 1. The molecule has 0 aliphatic carbocycles. The Morgan fingerprint density at radius 1 is 1.29 bits per heavy atom. The lowest BCUT2D eigenvalue weighted by Crippen LogP contribution is -2.38. The van der Waals surface area contributed by atoms with Crippen molar-refractivity contribution in [1.29, 1.82) is 0 Å². The van der Waals surface area contributed by atoms with Crippen LogP contribution in [0.1, 0.15) is 18.2 Å². The predicted octanol–water partition coefficient (Wildman–Crippen LogP) is 2.91. The number of furan rings is 1. The molecule has 6 nitrogen and oxygen atoms in total. The highest BCUT2D eigenvalue weighted by atomic mass is 127. The summed E-state index contributed by atoms with van der Waals surface area (Å²) in [6.07, 6.45) is 2.44. The highest BCUT2D eigenvalue weighted by Crippen LogP contribution is 2.26. The van der Waals surface area contributed by atoms with Crippen molar-refractivity contribution in [3.8, 4) is 11.5 Å². The van der Waals surface area contributed by atoms with E-state index >= 15 is 0 Å². The molecule has 0 saturated carbocycles. The van der Waals surface area contributed by atoms with E-state index in [0.29, 0.717) is 12.3 Å². The van der Waals surface area contributed by atoms with Crippen molar-refractivity contribution in [2.75, 3.05) is 20.2 Å². The van der Waals surface area contributed by atoms with E-state index in [1.54, 1.807) is 19.4 Å². The molecule has 2 rings (SSSR count). The van der Waals surface area contributed by atoms with Crippen LogP contribution in [0.25, 0.3) is 0 Å². The van der Waals surface area contributed by atoms with Gasteiger partial charge in [-0.1, -0.05) is 6.07 Å². The fourth-order valence-corrected chi connectivity index (χ4v) is 2.10. The summed E-state index contributed by atoms with van der Waals surface area (Å²) in [4.78, 5) is 4.47. The lowest BCUT2D eigenvalue weighted by Gasteiger charge is -2.11. The van der Waals surface area contributed by atoms with Gasteiger partial charge in [0.1, 0.15) is 12.3 Å². The van der Waals surface area contributed by atoms with Gasteiger partial charge in [0.25, 0.3) is 0 Å². The molecule has 0 saturated heterocycles. The minimum Gasteiger partial charge on any atom is -0.504 e. The van der Waals surface area contributed by atoms with E-state index < -0.39 is 0 Å². The minimum atomic E-state index is 0. The molecule has 0 amide bonds. The maximum Gasteiger partial charge on any atom is 0.191 e. The largest absolute Gasteiger partial charge is 0.504 e. The van der Waals surface area contributed by atoms with Crippen molar-refractivity contribution in [3.05, 3.63) is 47.9 Å². The third-order valence-electron chi connectivity index (χ3n) is 3.27. The molecular weight excluding hydrogens is 421 g/mol. The second-order valence-corrected chi connectivity index (χ2v) is 4.96. The Bertz CT molecular complexity index is 630. The number of phenols is 1. The van der Waals surface area contributed by atoms with Crippen LogP contribution in [0.4, 0.5) is 0 Å². The van der Waals surface area contributed by atoms with E-state index in [1.165, 1.54) is 0 Å². The zero-order chi connectivity index (χ0) is 16.5. The fraction of sp³-hybridized carbons (Fsp3) is 0.353. The predicted molar refractivity (Wildman–Crippen MR) is 105 cm³/mol. The molecule has 132 valence electrons. The number of phenolic OH excluding ortho intramolecular Hbond substituents is 1. The molecule has 0 fully saturated rings. The molecule has 0 aliphatic rings. The molecule has 0 unspecified atom stereocenters. The zero-order valence-electron chi connectivity index (χ0n) is 13.9. The van der Waals surface area contributed by atoms with Crippen molar-refractivity contribution in [2.45, 2.75) is 19.9 Å². The summed E-state index contributed by atoms with van der Waals surface area (Å²) in [6.45, 7) is 4.03. The molecule has 0 atom stereocenters. The molecule has 1 aromatic heterocycles. The van der Waals surface area contributed by atoms with Crippen molar-refractivity contribution in [3.63, 3.8) is 0 Å². The van der Waals surface area contributed by atoms with E-state index in [9.17, 15) is 5.11 Å². The summed E-state index contributed by atoms with van der Waals surface area (Å²) in [5.41, 5.74) is 1.08. The lowest BCUT2D eigenvalue weighted by atomic mass is 10.1. The number of ether oxygens (including phenoxy) is 1. The third kappa shape index (κ3) is 6.31. The number of guanidine groups is 1. The molecule has 0 spiro atoms. The number of benzene rings is 1. The Morgan fingerprint density at radius 3 is 2.79 bits per heavy atom. The molecule has 0 aliphatic heterocycles. The SMILES string of the molecule is CCNC(=NCc1ccco1)NCCc1ccc(O)c(OC)c1.I. The summed E-state index contributed by atoms with van der Waals surface area (Å²) in [5, 5.41) is 16.1. The van der Waals surface area contributed by atoms with Crippen molar-refractivity contribution in [1.82, 2.24) is 10.6 Å². The summed E-state index contributed by atoms with van der Waals surface area (Å²) in [5.74, 6) is 2.21. The maximum absolute atomic E-state index is 9.60. The van der Waals surface area contributed by atoms with Gasteiger partial charge in [-0.3, -0.25) is 0 Å². The Labute approximate surface area is 159 Å². The zero-order valence-corrected chi connectivity index (χ0v) is 16.2. The van der Waals surface area contributed by atoms with E-state index in [2.05, 4.69) is 15.6 Å². The van der Waals surface area contributed by atoms with E-state index in [4.69, 9.17) is 9.15 Å². The van der Waals surface area contributed by atoms with E-state index in [-0.39, 0.29) is 29.7 Å². The molecule has 0 radical (unpaired) electrons. The van der Waals surface area contributed by atoms with Gasteiger partial charge in [0.15, 0.2) is 17.5 Å². The molecule has 0 bridgehead atoms. The van der Waals surface area contributed by atoms with Crippen LogP contribution in [0.2, 0.25) is 0 Å². The van der Waals surface area contributed by atoms with Crippen LogP contribution in [0.5, 0.6) is 11.5 Å². The van der Waals surface area contributed by atoms with Gasteiger partial charge in [-0.15, -0.1) is 24.0 Å². The molecule has 7 heteroatoms. The molecule has 1 aromatic carbocycles. The highest BCUT2D eigenvalue weighted by molar-refractivity contribution is 14.0. The van der Waals surface area contributed by atoms with E-state index in [0.717, 1.165) is 36.8 Å². The van der Waals surface area contributed by atoms with Gasteiger partial charge in [0.2, 0.25) is 0 Å².